The Morgan fingerprint density at radius 3 is 2.69 bits per heavy atom. The van der Waals surface area contributed by atoms with Crippen molar-refractivity contribution in [2.75, 3.05) is 20.6 Å². The lowest BCUT2D eigenvalue weighted by atomic mass is 9.89. The summed E-state index contributed by atoms with van der Waals surface area (Å²) in [7, 11) is 4.14. The first kappa shape index (κ1) is 9.00. The Labute approximate surface area is 79.3 Å². The third kappa shape index (κ3) is 1.26. The van der Waals surface area contributed by atoms with Crippen LogP contribution in [0.1, 0.15) is 19.3 Å². The van der Waals surface area contributed by atoms with E-state index in [-0.39, 0.29) is 17.2 Å². The van der Waals surface area contributed by atoms with Gasteiger partial charge in [-0.3, -0.25) is 4.79 Å². The van der Waals surface area contributed by atoms with Crippen LogP contribution in [0.25, 0.3) is 0 Å². The number of rotatable bonds is 3. The van der Waals surface area contributed by atoms with Crippen LogP contribution < -0.4 is 5.73 Å². The fourth-order valence-corrected chi connectivity index (χ4v) is 3.19. The first-order valence-electron chi connectivity index (χ1n) is 5.00. The van der Waals surface area contributed by atoms with Crippen molar-refractivity contribution in [2.24, 2.45) is 23.0 Å². The highest BCUT2D eigenvalue weighted by Crippen LogP contribution is 2.66. The minimum absolute atomic E-state index is 0.0816. The van der Waals surface area contributed by atoms with Gasteiger partial charge in [-0.25, -0.2) is 0 Å². The lowest BCUT2D eigenvalue weighted by Crippen LogP contribution is -2.35. The minimum atomic E-state index is -0.0816. The molecule has 0 aromatic heterocycles. The van der Waals surface area contributed by atoms with Gasteiger partial charge in [0.25, 0.3) is 0 Å². The monoisotopic (exact) mass is 182 g/mol. The summed E-state index contributed by atoms with van der Waals surface area (Å²) in [6, 6.07) is 0. The molecule has 3 unspecified atom stereocenters. The van der Waals surface area contributed by atoms with Crippen molar-refractivity contribution >= 4 is 5.91 Å². The molecular weight excluding hydrogens is 164 g/mol. The number of amides is 1. The largest absolute Gasteiger partial charge is 0.369 e. The number of primary amides is 1. The first-order chi connectivity index (χ1) is 6.06. The Kier molecular flexibility index (Phi) is 1.88. The van der Waals surface area contributed by atoms with Crippen molar-refractivity contribution in [3.63, 3.8) is 0 Å². The van der Waals surface area contributed by atoms with Crippen LogP contribution in [0.15, 0.2) is 0 Å². The van der Waals surface area contributed by atoms with Crippen LogP contribution in [0.5, 0.6) is 0 Å². The number of carbonyl (C=O) groups is 1. The number of fused-ring (bicyclic) bond motifs is 1. The third-order valence-corrected chi connectivity index (χ3v) is 3.73. The highest BCUT2D eigenvalue weighted by molar-refractivity contribution is 5.78. The molecule has 2 rings (SSSR count). The Balaban J connectivity index is 2.09. The number of nitrogens with two attached hydrogens (primary N) is 1. The Hall–Kier alpha value is -0.570. The van der Waals surface area contributed by atoms with Gasteiger partial charge in [-0.2, -0.15) is 0 Å². The van der Waals surface area contributed by atoms with Crippen molar-refractivity contribution in [1.82, 2.24) is 4.90 Å². The van der Waals surface area contributed by atoms with E-state index in [1.165, 1.54) is 12.8 Å². The van der Waals surface area contributed by atoms with Crippen LogP contribution >= 0.6 is 0 Å². The summed E-state index contributed by atoms with van der Waals surface area (Å²) in [5.74, 6) is 0.856. The molecule has 1 amide bonds. The lowest BCUT2D eigenvalue weighted by Gasteiger charge is -2.23. The topological polar surface area (TPSA) is 46.3 Å². The average molecular weight is 182 g/mol. The van der Waals surface area contributed by atoms with E-state index in [9.17, 15) is 4.79 Å². The van der Waals surface area contributed by atoms with Crippen LogP contribution in [0.3, 0.4) is 0 Å². The fraction of sp³-hybridized carbons (Fsp3) is 0.900. The zero-order valence-electron chi connectivity index (χ0n) is 8.42. The Bertz CT molecular complexity index is 239. The normalized spacial score (nSPS) is 42.1. The van der Waals surface area contributed by atoms with Gasteiger partial charge in [0.1, 0.15) is 0 Å². The van der Waals surface area contributed by atoms with Gasteiger partial charge in [0.15, 0.2) is 0 Å². The molecule has 2 fully saturated rings. The summed E-state index contributed by atoms with van der Waals surface area (Å²) >= 11 is 0. The second-order valence-electron chi connectivity index (χ2n) is 4.90. The maximum atomic E-state index is 11.2. The molecule has 2 aliphatic rings. The van der Waals surface area contributed by atoms with Gasteiger partial charge in [-0.05, 0) is 44.7 Å². The molecule has 13 heavy (non-hydrogen) atoms. The molecule has 0 radical (unpaired) electrons. The van der Waals surface area contributed by atoms with E-state index in [1.54, 1.807) is 0 Å². The summed E-state index contributed by atoms with van der Waals surface area (Å²) in [4.78, 5) is 13.4. The standard InChI is InChI=1S/C10H18N2O/c1-12(2)6-10-5-7(10)3-4-8(10)9(11)13/h7-8H,3-6H2,1-2H3,(H2,11,13). The maximum Gasteiger partial charge on any atom is 0.221 e. The lowest BCUT2D eigenvalue weighted by molar-refractivity contribution is -0.123. The first-order valence-corrected chi connectivity index (χ1v) is 5.00. The number of hydrogen-bond donors (Lipinski definition) is 1. The van der Waals surface area contributed by atoms with E-state index in [1.807, 2.05) is 0 Å². The molecule has 74 valence electrons. The van der Waals surface area contributed by atoms with Crippen LogP contribution in [0, 0.1) is 17.3 Å². The van der Waals surface area contributed by atoms with Gasteiger partial charge >= 0.3 is 0 Å². The van der Waals surface area contributed by atoms with Crippen LogP contribution in [-0.2, 0) is 4.79 Å². The summed E-state index contributed by atoms with van der Waals surface area (Å²) in [5.41, 5.74) is 5.69. The predicted octanol–water partition coefficient (Wildman–Crippen LogP) is 0.450. The SMILES string of the molecule is CN(C)CC12CC1CCC2C(N)=O. The number of nitrogens with zero attached hydrogens (tertiary/aromatic N) is 1. The Morgan fingerprint density at radius 2 is 2.23 bits per heavy atom. The maximum absolute atomic E-state index is 11.2. The predicted molar refractivity (Wildman–Crippen MR) is 51.0 cm³/mol. The van der Waals surface area contributed by atoms with Crippen LogP contribution in [0.2, 0.25) is 0 Å². The van der Waals surface area contributed by atoms with Crippen molar-refractivity contribution in [2.45, 2.75) is 19.3 Å². The summed E-state index contributed by atoms with van der Waals surface area (Å²) < 4.78 is 0. The molecule has 0 aromatic rings. The van der Waals surface area contributed by atoms with Crippen molar-refractivity contribution in [3.05, 3.63) is 0 Å². The molecule has 0 spiro atoms. The zero-order valence-corrected chi connectivity index (χ0v) is 8.42. The molecule has 0 aliphatic heterocycles. The van der Waals surface area contributed by atoms with E-state index >= 15 is 0 Å². The molecule has 2 N–H and O–H groups in total. The summed E-state index contributed by atoms with van der Waals surface area (Å²) in [5, 5.41) is 0. The molecule has 0 heterocycles. The molecule has 0 aromatic carbocycles. The van der Waals surface area contributed by atoms with Crippen molar-refractivity contribution in [3.8, 4) is 0 Å². The molecule has 0 bridgehead atoms. The molecule has 3 heteroatoms. The van der Waals surface area contributed by atoms with Crippen molar-refractivity contribution < 1.29 is 4.79 Å². The number of carbonyl (C=O) groups excluding carboxylic acids is 1. The summed E-state index contributed by atoms with van der Waals surface area (Å²) in [6.45, 7) is 1.03. The molecule has 3 nitrogen and oxygen atoms in total. The number of hydrogen-bond acceptors (Lipinski definition) is 2. The summed E-state index contributed by atoms with van der Waals surface area (Å²) in [6.07, 6.45) is 3.45. The van der Waals surface area contributed by atoms with E-state index in [2.05, 4.69) is 19.0 Å². The van der Waals surface area contributed by atoms with Gasteiger partial charge < -0.3 is 10.6 Å². The highest BCUT2D eigenvalue weighted by Gasteiger charge is 2.64. The Morgan fingerprint density at radius 1 is 1.54 bits per heavy atom. The van der Waals surface area contributed by atoms with Crippen LogP contribution in [0.4, 0.5) is 0 Å². The van der Waals surface area contributed by atoms with Crippen molar-refractivity contribution in [1.29, 1.82) is 0 Å². The molecule has 3 atom stereocenters. The molecule has 2 saturated carbocycles. The van der Waals surface area contributed by atoms with E-state index < -0.39 is 0 Å². The zero-order chi connectivity index (χ0) is 9.64. The quantitative estimate of drug-likeness (QED) is 0.689. The molecular formula is C10H18N2O. The van der Waals surface area contributed by atoms with Crippen LogP contribution in [-0.4, -0.2) is 31.4 Å². The van der Waals surface area contributed by atoms with E-state index in [4.69, 9.17) is 5.73 Å². The van der Waals surface area contributed by atoms with E-state index in [0.29, 0.717) is 0 Å². The smallest absolute Gasteiger partial charge is 0.221 e. The van der Waals surface area contributed by atoms with Gasteiger partial charge in [-0.1, -0.05) is 0 Å². The molecule has 2 aliphatic carbocycles. The second-order valence-corrected chi connectivity index (χ2v) is 4.90. The third-order valence-electron chi connectivity index (χ3n) is 3.73. The van der Waals surface area contributed by atoms with Gasteiger partial charge in [-0.15, -0.1) is 0 Å². The van der Waals surface area contributed by atoms with Gasteiger partial charge in [0, 0.05) is 12.5 Å². The second kappa shape index (κ2) is 2.71. The van der Waals surface area contributed by atoms with Gasteiger partial charge in [0.2, 0.25) is 5.91 Å². The highest BCUT2D eigenvalue weighted by atomic mass is 16.1. The fourth-order valence-electron chi connectivity index (χ4n) is 3.19. The minimum Gasteiger partial charge on any atom is -0.369 e. The van der Waals surface area contributed by atoms with Gasteiger partial charge in [0.05, 0.1) is 0 Å². The average Bonchev–Trinajstić information content (AvgIpc) is 2.54. The molecule has 0 saturated heterocycles. The van der Waals surface area contributed by atoms with E-state index in [0.717, 1.165) is 18.9 Å².